The first kappa shape index (κ1) is 47.3. The van der Waals surface area contributed by atoms with E-state index < -0.39 is 0 Å². The van der Waals surface area contributed by atoms with Gasteiger partial charge in [0.15, 0.2) is 0 Å². The van der Waals surface area contributed by atoms with Gasteiger partial charge in [0.25, 0.3) is 0 Å². The van der Waals surface area contributed by atoms with Crippen LogP contribution in [-0.2, 0) is 84.4 Å². The van der Waals surface area contributed by atoms with Gasteiger partial charge in [0.05, 0.1) is 0 Å². The minimum absolute atomic E-state index is 0. The van der Waals surface area contributed by atoms with E-state index in [9.17, 15) is 0 Å². The summed E-state index contributed by atoms with van der Waals surface area (Å²) in [5.41, 5.74) is 1.73. The van der Waals surface area contributed by atoms with Crippen LogP contribution in [0.1, 0.15) is 24.0 Å². The summed E-state index contributed by atoms with van der Waals surface area (Å²) >= 11 is 29.2. The van der Waals surface area contributed by atoms with E-state index in [-0.39, 0.29) is 33.9 Å². The number of thioether (sulfide) groups is 4. The fraction of sp³-hybridized carbons (Fsp3) is 0.429. The molecule has 4 N–H and O–H groups in total. The first-order valence-electron chi connectivity index (χ1n) is 12.9. The molecule has 3 aliphatic heterocycles. The van der Waals surface area contributed by atoms with Crippen LogP contribution in [0, 0.1) is 24.7 Å². The van der Waals surface area contributed by atoms with Gasteiger partial charge in [-0.1, -0.05) is 10.8 Å². The van der Waals surface area contributed by atoms with Gasteiger partial charge in [-0.3, -0.25) is 11.8 Å². The first-order chi connectivity index (χ1) is 20.5. The molecule has 242 valence electrons. The predicted molar refractivity (Wildman–Crippen MR) is 205 cm³/mol. The summed E-state index contributed by atoms with van der Waals surface area (Å²) in [6.07, 6.45) is 15.7. The minimum Gasteiger partial charge on any atom is -0.774 e. The molecule has 5 heterocycles. The molecule has 0 spiro atoms. The van der Waals surface area contributed by atoms with Gasteiger partial charge in [-0.2, -0.15) is 39.6 Å². The average Bonchev–Trinajstić information content (AvgIpc) is 3.83. The van der Waals surface area contributed by atoms with Gasteiger partial charge < -0.3 is 84.6 Å². The molecule has 5 rings (SSSR count). The summed E-state index contributed by atoms with van der Waals surface area (Å²) in [5, 5.41) is 23.4. The molecule has 0 amide bonds. The van der Waals surface area contributed by atoms with Crippen LogP contribution in [-0.4, -0.2) is 62.5 Å². The van der Waals surface area contributed by atoms with E-state index in [0.717, 1.165) is 90.6 Å². The number of hydrogen-bond acceptors (Lipinski definition) is 14. The fourth-order valence-electron chi connectivity index (χ4n) is 2.71. The second-order valence-corrected chi connectivity index (χ2v) is 16.8. The fourth-order valence-corrected chi connectivity index (χ4v) is 9.69. The molecule has 2 aromatic rings. The minimum atomic E-state index is 0. The Hall–Kier alpha value is 1.15. The molecule has 2 radical (unpaired) electrons. The van der Waals surface area contributed by atoms with Gasteiger partial charge >= 0.3 is 33.9 Å². The Balaban J connectivity index is 0. The van der Waals surface area contributed by atoms with E-state index >= 15 is 0 Å². The molecule has 1 fully saturated rings. The zero-order valence-electron chi connectivity index (χ0n) is 23.8. The standard InChI is InChI=1S/C10H24N4.2C6H3S.2C3H4S4.Cr.Ni/c1-3-11-7-9-13-5-2-6-14-10-8-12-4-1;2*1-2-6-3-4-7-5-6;2*4-2-3(5)7-1-6-2;;/h11-14H,1-10H2;2*3-5H;2*4-5H,1H2;;/q;2*-1;;;2*+3/p-4. The van der Waals surface area contributed by atoms with E-state index in [1.807, 2.05) is 33.7 Å². The molecular formula is C28H34CrN4NiS10. The monoisotopic (exact) mass is 856 g/mol. The van der Waals surface area contributed by atoms with Crippen molar-refractivity contribution in [2.75, 3.05) is 62.5 Å². The van der Waals surface area contributed by atoms with E-state index in [4.69, 9.17) is 63.4 Å². The van der Waals surface area contributed by atoms with Crippen LogP contribution in [0.3, 0.4) is 0 Å². The van der Waals surface area contributed by atoms with Crippen molar-refractivity contribution in [3.05, 3.63) is 74.6 Å². The van der Waals surface area contributed by atoms with Crippen molar-refractivity contribution in [3.8, 4) is 11.8 Å². The maximum absolute atomic E-state index is 6.62. The largest absolute Gasteiger partial charge is 3.00 e. The van der Waals surface area contributed by atoms with Crippen LogP contribution >= 0.6 is 69.7 Å². The van der Waals surface area contributed by atoms with Crippen molar-refractivity contribution in [1.82, 2.24) is 21.3 Å². The molecule has 2 aromatic heterocycles. The Bertz CT molecular complexity index is 938. The number of hydrogen-bond donors (Lipinski definition) is 4. The summed E-state index contributed by atoms with van der Waals surface area (Å²) in [6.45, 7) is 8.87. The van der Waals surface area contributed by atoms with Crippen LogP contribution in [0.2, 0.25) is 0 Å². The molecule has 0 aliphatic carbocycles. The summed E-state index contributed by atoms with van der Waals surface area (Å²) < 4.78 is 3.61. The molecule has 0 aromatic carbocycles. The molecular weight excluding hydrogens is 824 g/mol. The Morgan fingerprint density at radius 2 is 0.841 bits per heavy atom. The van der Waals surface area contributed by atoms with Crippen LogP contribution < -0.4 is 21.3 Å². The van der Waals surface area contributed by atoms with Crippen molar-refractivity contribution in [3.63, 3.8) is 0 Å². The molecule has 0 atom stereocenters. The van der Waals surface area contributed by atoms with Crippen molar-refractivity contribution >= 4 is 120 Å². The van der Waals surface area contributed by atoms with E-state index in [2.05, 4.69) is 33.1 Å². The molecule has 0 saturated carbocycles. The van der Waals surface area contributed by atoms with E-state index in [1.165, 1.54) is 12.8 Å². The molecule has 16 heteroatoms. The molecule has 44 heavy (non-hydrogen) atoms. The Morgan fingerprint density at radius 1 is 0.545 bits per heavy atom. The normalized spacial score (nSPS) is 16.9. The average molecular weight is 858 g/mol. The first-order valence-corrected chi connectivity index (χ1v) is 20.3. The topological polar surface area (TPSA) is 48.1 Å². The SMILES string of the molecule is C1CNCCNCCCNCCNC1.[C-]#Cc1ccsc1.[C-]#Cc1ccsc1.[Cr+3].[Ni+3].[S-]C1=C([S-])SCS1.[S-]C1=C([S-])SCS1. The van der Waals surface area contributed by atoms with Crippen LogP contribution in [0.5, 0.6) is 0 Å². The zero-order valence-corrected chi connectivity index (χ0v) is 34.2. The quantitative estimate of drug-likeness (QED) is 0.112. The Kier molecular flexibility index (Phi) is 36.5. The summed E-state index contributed by atoms with van der Waals surface area (Å²) in [4.78, 5) is 0. The molecule has 0 unspecified atom stereocenters. The van der Waals surface area contributed by atoms with Gasteiger partial charge in [-0.15, -0.1) is 70.3 Å². The summed E-state index contributed by atoms with van der Waals surface area (Å²) in [5.74, 6) is 4.53. The van der Waals surface area contributed by atoms with Crippen molar-refractivity contribution < 1.29 is 33.9 Å². The molecule has 4 nitrogen and oxygen atoms in total. The Morgan fingerprint density at radius 3 is 1.00 bits per heavy atom. The van der Waals surface area contributed by atoms with Crippen molar-refractivity contribution in [2.24, 2.45) is 0 Å². The Labute approximate surface area is 333 Å². The smallest absolute Gasteiger partial charge is 0.774 e. The van der Waals surface area contributed by atoms with Gasteiger partial charge in [0.1, 0.15) is 0 Å². The summed E-state index contributed by atoms with van der Waals surface area (Å²) in [7, 11) is 0. The second kappa shape index (κ2) is 34.0. The van der Waals surface area contributed by atoms with Gasteiger partial charge in [0, 0.05) is 36.3 Å². The number of nitrogens with one attached hydrogen (secondary N) is 4. The zero-order chi connectivity index (χ0) is 30.7. The molecule has 0 bridgehead atoms. The predicted octanol–water partition coefficient (Wildman–Crippen LogP) is 5.79. The van der Waals surface area contributed by atoms with Crippen molar-refractivity contribution in [1.29, 1.82) is 0 Å². The van der Waals surface area contributed by atoms with Crippen molar-refractivity contribution in [2.45, 2.75) is 12.8 Å². The van der Waals surface area contributed by atoms with E-state index in [1.54, 1.807) is 69.7 Å². The summed E-state index contributed by atoms with van der Waals surface area (Å²) in [6, 6.07) is 3.72. The number of thiophene rings is 2. The third-order valence-corrected chi connectivity index (χ3v) is 13.2. The molecule has 3 aliphatic rings. The van der Waals surface area contributed by atoms with Gasteiger partial charge in [-0.25, -0.2) is 0 Å². The van der Waals surface area contributed by atoms with Crippen LogP contribution in [0.25, 0.3) is 0 Å². The number of rotatable bonds is 0. The van der Waals surface area contributed by atoms with Gasteiger partial charge in [-0.05, 0) is 49.8 Å². The third kappa shape index (κ3) is 27.1. The van der Waals surface area contributed by atoms with Crippen LogP contribution in [0.15, 0.2) is 50.6 Å². The second-order valence-electron chi connectivity index (χ2n) is 7.94. The van der Waals surface area contributed by atoms with E-state index in [0.29, 0.717) is 0 Å². The van der Waals surface area contributed by atoms with Gasteiger partial charge in [0.2, 0.25) is 0 Å². The third-order valence-electron chi connectivity index (χ3n) is 4.80. The van der Waals surface area contributed by atoms with Crippen LogP contribution in [0.4, 0.5) is 0 Å². The maximum atomic E-state index is 6.62. The maximum Gasteiger partial charge on any atom is 3.00 e. The molecule has 1 saturated heterocycles.